The molecule has 0 aromatic rings. The Hall–Kier alpha value is -0.790. The van der Waals surface area contributed by atoms with Gasteiger partial charge in [0.05, 0.1) is 6.61 Å². The molecule has 0 atom stereocenters. The molecule has 2 heteroatoms. The molecule has 0 N–H and O–H groups in total. The molecule has 0 unspecified atom stereocenters. The van der Waals surface area contributed by atoms with Crippen LogP contribution in [0.2, 0.25) is 0 Å². The number of carbonyl (C=O) groups excluding carboxylic acids is 1. The van der Waals surface area contributed by atoms with Crippen molar-refractivity contribution in [2.45, 2.75) is 47.0 Å². The zero-order valence-corrected chi connectivity index (χ0v) is 11.2. The van der Waals surface area contributed by atoms with Gasteiger partial charge in [0.15, 0.2) is 0 Å². The van der Waals surface area contributed by atoms with E-state index < -0.39 is 0 Å². The first kappa shape index (κ1) is 15.2. The van der Waals surface area contributed by atoms with Gasteiger partial charge >= 0.3 is 5.97 Å². The highest BCUT2D eigenvalue weighted by molar-refractivity contribution is 5.81. The van der Waals surface area contributed by atoms with E-state index in [0.29, 0.717) is 6.61 Å². The van der Waals surface area contributed by atoms with Crippen LogP contribution in [0.4, 0.5) is 0 Å². The molecule has 0 saturated carbocycles. The first-order valence-corrected chi connectivity index (χ1v) is 6.28. The van der Waals surface area contributed by atoms with Gasteiger partial charge in [-0.15, -0.1) is 0 Å². The fraction of sp³-hybridized carbons (Fsp3) is 0.786. The van der Waals surface area contributed by atoms with Gasteiger partial charge in [-0.3, -0.25) is 0 Å². The minimum Gasteiger partial charge on any atom is -0.463 e. The van der Waals surface area contributed by atoms with E-state index in [0.717, 1.165) is 30.6 Å². The average Bonchev–Trinajstić information content (AvgIpc) is 2.21. The molecule has 0 heterocycles. The number of unbranched alkanes of at least 4 members (excludes halogenated alkanes) is 1. The maximum atomic E-state index is 10.8. The number of hydrogen-bond donors (Lipinski definition) is 0. The zero-order valence-electron chi connectivity index (χ0n) is 11.2. The highest BCUT2D eigenvalue weighted by atomic mass is 16.5. The van der Waals surface area contributed by atoms with Crippen molar-refractivity contribution in [1.82, 2.24) is 0 Å². The third-order valence-corrected chi connectivity index (χ3v) is 3.06. The molecule has 94 valence electrons. The van der Waals surface area contributed by atoms with Gasteiger partial charge in [-0.25, -0.2) is 4.79 Å². The number of hydrogen-bond acceptors (Lipinski definition) is 2. The van der Waals surface area contributed by atoms with E-state index in [1.807, 2.05) is 0 Å². The third kappa shape index (κ3) is 6.65. The summed E-state index contributed by atoms with van der Waals surface area (Å²) < 4.78 is 4.94. The Morgan fingerprint density at radius 2 is 1.75 bits per heavy atom. The van der Waals surface area contributed by atoms with Gasteiger partial charge in [0, 0.05) is 6.08 Å². The highest BCUT2D eigenvalue weighted by Gasteiger charge is 2.16. The van der Waals surface area contributed by atoms with Gasteiger partial charge < -0.3 is 4.74 Å². The summed E-state index contributed by atoms with van der Waals surface area (Å²) in [4.78, 5) is 10.8. The van der Waals surface area contributed by atoms with E-state index >= 15 is 0 Å². The molecule has 0 amide bonds. The van der Waals surface area contributed by atoms with Gasteiger partial charge in [0.2, 0.25) is 0 Å². The molecule has 0 aromatic carbocycles. The van der Waals surface area contributed by atoms with E-state index in [2.05, 4.69) is 34.3 Å². The van der Waals surface area contributed by atoms with Crippen LogP contribution in [-0.4, -0.2) is 12.6 Å². The van der Waals surface area contributed by atoms with E-state index in [-0.39, 0.29) is 5.97 Å². The van der Waals surface area contributed by atoms with Crippen molar-refractivity contribution >= 4 is 5.97 Å². The van der Waals surface area contributed by atoms with Crippen molar-refractivity contribution in [2.75, 3.05) is 6.61 Å². The van der Waals surface area contributed by atoms with Crippen LogP contribution in [-0.2, 0) is 9.53 Å². The maximum Gasteiger partial charge on any atom is 0.330 e. The Bertz CT molecular complexity index is 199. The molecule has 0 radical (unpaired) electrons. The summed E-state index contributed by atoms with van der Waals surface area (Å²) in [7, 11) is 0. The summed E-state index contributed by atoms with van der Waals surface area (Å²) in [6.45, 7) is 13.0. The fourth-order valence-corrected chi connectivity index (χ4v) is 2.15. The van der Waals surface area contributed by atoms with Crippen LogP contribution in [0.1, 0.15) is 47.0 Å². The predicted molar refractivity (Wildman–Crippen MR) is 68.2 cm³/mol. The monoisotopic (exact) mass is 226 g/mol. The van der Waals surface area contributed by atoms with Crippen molar-refractivity contribution in [3.63, 3.8) is 0 Å². The molecule has 0 rings (SSSR count). The molecule has 0 bridgehead atoms. The SMILES string of the molecule is C=CC(=O)OCCCCC(C(C)C)C(C)C. The fourth-order valence-electron chi connectivity index (χ4n) is 2.15. The normalized spacial score (nSPS) is 11.2. The van der Waals surface area contributed by atoms with Gasteiger partial charge in [-0.2, -0.15) is 0 Å². The van der Waals surface area contributed by atoms with Crippen molar-refractivity contribution < 1.29 is 9.53 Å². The maximum absolute atomic E-state index is 10.8. The number of ether oxygens (including phenoxy) is 1. The lowest BCUT2D eigenvalue weighted by Gasteiger charge is -2.24. The predicted octanol–water partition coefficient (Wildman–Crippen LogP) is 3.81. The van der Waals surface area contributed by atoms with Gasteiger partial charge in [-0.05, 0) is 37.0 Å². The summed E-state index contributed by atoms with van der Waals surface area (Å²) in [5.41, 5.74) is 0. The van der Waals surface area contributed by atoms with E-state index in [1.165, 1.54) is 12.5 Å². The smallest absolute Gasteiger partial charge is 0.330 e. The second-order valence-electron chi connectivity index (χ2n) is 5.02. The molecule has 2 nitrogen and oxygen atoms in total. The van der Waals surface area contributed by atoms with Crippen LogP contribution < -0.4 is 0 Å². The van der Waals surface area contributed by atoms with Gasteiger partial charge in [0.25, 0.3) is 0 Å². The second-order valence-corrected chi connectivity index (χ2v) is 5.02. The minimum absolute atomic E-state index is 0.315. The highest BCUT2D eigenvalue weighted by Crippen LogP contribution is 2.25. The lowest BCUT2D eigenvalue weighted by molar-refractivity contribution is -0.137. The molecule has 0 aliphatic heterocycles. The first-order valence-electron chi connectivity index (χ1n) is 6.28. The molecule has 16 heavy (non-hydrogen) atoms. The van der Waals surface area contributed by atoms with Crippen molar-refractivity contribution in [1.29, 1.82) is 0 Å². The lowest BCUT2D eigenvalue weighted by atomic mass is 9.82. The summed E-state index contributed by atoms with van der Waals surface area (Å²) in [6, 6.07) is 0. The van der Waals surface area contributed by atoms with Crippen LogP contribution in [0.5, 0.6) is 0 Å². The average molecular weight is 226 g/mol. The van der Waals surface area contributed by atoms with Crippen LogP contribution in [0.15, 0.2) is 12.7 Å². The lowest BCUT2D eigenvalue weighted by Crippen LogP contribution is -2.15. The zero-order chi connectivity index (χ0) is 12.6. The van der Waals surface area contributed by atoms with E-state index in [4.69, 9.17) is 4.74 Å². The number of rotatable bonds is 8. The standard InChI is InChI=1S/C14H26O2/c1-6-14(15)16-10-8-7-9-13(11(2)3)12(4)5/h6,11-13H,1,7-10H2,2-5H3. The summed E-state index contributed by atoms with van der Waals surface area (Å²) in [5.74, 6) is 1.92. The third-order valence-electron chi connectivity index (χ3n) is 3.06. The Morgan fingerprint density at radius 3 is 2.19 bits per heavy atom. The molecule has 0 fully saturated rings. The summed E-state index contributed by atoms with van der Waals surface area (Å²) in [5, 5.41) is 0. The molecular formula is C14H26O2. The quantitative estimate of drug-likeness (QED) is 0.357. The Kier molecular flexibility index (Phi) is 7.96. The van der Waals surface area contributed by atoms with E-state index in [9.17, 15) is 4.79 Å². The van der Waals surface area contributed by atoms with Crippen LogP contribution in [0.3, 0.4) is 0 Å². The molecule has 0 saturated heterocycles. The topological polar surface area (TPSA) is 26.3 Å². The van der Waals surface area contributed by atoms with Gasteiger partial charge in [-0.1, -0.05) is 34.3 Å². The summed E-state index contributed by atoms with van der Waals surface area (Å²) >= 11 is 0. The number of esters is 1. The molecular weight excluding hydrogens is 200 g/mol. The van der Waals surface area contributed by atoms with Crippen LogP contribution in [0.25, 0.3) is 0 Å². The second kappa shape index (κ2) is 8.37. The number of carbonyl (C=O) groups is 1. The van der Waals surface area contributed by atoms with Gasteiger partial charge in [0.1, 0.15) is 0 Å². The largest absolute Gasteiger partial charge is 0.463 e. The van der Waals surface area contributed by atoms with E-state index in [1.54, 1.807) is 0 Å². The Morgan fingerprint density at radius 1 is 1.19 bits per heavy atom. The van der Waals surface area contributed by atoms with Crippen molar-refractivity contribution in [3.05, 3.63) is 12.7 Å². The summed E-state index contributed by atoms with van der Waals surface area (Å²) in [6.07, 6.45) is 4.52. The van der Waals surface area contributed by atoms with Crippen molar-refractivity contribution in [2.24, 2.45) is 17.8 Å². The Labute approximate surface area is 100 Å². The van der Waals surface area contributed by atoms with Crippen LogP contribution in [0, 0.1) is 17.8 Å². The van der Waals surface area contributed by atoms with Crippen molar-refractivity contribution in [3.8, 4) is 0 Å². The Balaban J connectivity index is 3.63. The minimum atomic E-state index is -0.315. The van der Waals surface area contributed by atoms with Crippen LogP contribution >= 0.6 is 0 Å². The first-order chi connectivity index (χ1) is 7.49. The molecule has 0 spiro atoms. The molecule has 0 aliphatic carbocycles. The molecule has 0 aliphatic rings. The molecule has 0 aromatic heterocycles.